The number of H-pyrrole nitrogens is 1. The first-order chi connectivity index (χ1) is 12.2. The summed E-state index contributed by atoms with van der Waals surface area (Å²) in [6, 6.07) is 17.5. The van der Waals surface area contributed by atoms with Gasteiger partial charge in [0.2, 0.25) is 0 Å². The van der Waals surface area contributed by atoms with Gasteiger partial charge in [0.15, 0.2) is 11.5 Å². The standard InChI is InChI=1S/C19H11BrN4O/c20-14-9-16-19(22-11-14)24-18(23-16)13(10-21)8-15-6-7-17(25-15)12-4-2-1-3-5-12/h1-9,11H,(H,22,23,24). The maximum atomic E-state index is 9.49. The molecule has 0 fully saturated rings. The topological polar surface area (TPSA) is 78.5 Å². The number of fused-ring (bicyclic) bond motifs is 1. The van der Waals surface area contributed by atoms with Crippen molar-refractivity contribution in [2.75, 3.05) is 0 Å². The minimum absolute atomic E-state index is 0.378. The Morgan fingerprint density at radius 1 is 1.20 bits per heavy atom. The molecular weight excluding hydrogens is 380 g/mol. The zero-order chi connectivity index (χ0) is 17.2. The normalized spacial score (nSPS) is 11.6. The fourth-order valence-corrected chi connectivity index (χ4v) is 2.82. The van der Waals surface area contributed by atoms with Crippen molar-refractivity contribution in [2.45, 2.75) is 0 Å². The van der Waals surface area contributed by atoms with Crippen molar-refractivity contribution in [3.8, 4) is 17.4 Å². The maximum Gasteiger partial charge on any atom is 0.178 e. The molecule has 0 amide bonds. The molecule has 0 aliphatic rings. The van der Waals surface area contributed by atoms with Crippen LogP contribution in [0.4, 0.5) is 0 Å². The number of allylic oxidation sites excluding steroid dienone is 1. The quantitative estimate of drug-likeness (QED) is 0.496. The van der Waals surface area contributed by atoms with Gasteiger partial charge in [0, 0.05) is 22.3 Å². The highest BCUT2D eigenvalue weighted by molar-refractivity contribution is 9.10. The molecule has 1 aromatic carbocycles. The van der Waals surface area contributed by atoms with Gasteiger partial charge in [-0.15, -0.1) is 0 Å². The molecule has 0 atom stereocenters. The van der Waals surface area contributed by atoms with Crippen LogP contribution in [0.5, 0.6) is 0 Å². The van der Waals surface area contributed by atoms with E-state index in [-0.39, 0.29) is 0 Å². The van der Waals surface area contributed by atoms with Gasteiger partial charge in [-0.05, 0) is 34.1 Å². The summed E-state index contributed by atoms with van der Waals surface area (Å²) in [6.45, 7) is 0. The number of hydrogen-bond acceptors (Lipinski definition) is 4. The average Bonchev–Trinajstić information content (AvgIpc) is 3.26. The summed E-state index contributed by atoms with van der Waals surface area (Å²) in [7, 11) is 0. The van der Waals surface area contributed by atoms with Gasteiger partial charge in [0.25, 0.3) is 0 Å². The molecule has 0 unspecified atom stereocenters. The highest BCUT2D eigenvalue weighted by atomic mass is 79.9. The van der Waals surface area contributed by atoms with Crippen LogP contribution in [-0.2, 0) is 0 Å². The van der Waals surface area contributed by atoms with E-state index in [0.29, 0.717) is 22.8 Å². The van der Waals surface area contributed by atoms with E-state index in [1.54, 1.807) is 12.3 Å². The van der Waals surface area contributed by atoms with Crippen molar-refractivity contribution < 1.29 is 4.42 Å². The number of rotatable bonds is 3. The van der Waals surface area contributed by atoms with Crippen molar-refractivity contribution in [2.24, 2.45) is 0 Å². The first kappa shape index (κ1) is 15.4. The third-order valence-electron chi connectivity index (χ3n) is 3.65. The van der Waals surface area contributed by atoms with Gasteiger partial charge in [-0.25, -0.2) is 9.97 Å². The maximum absolute atomic E-state index is 9.49. The zero-order valence-corrected chi connectivity index (χ0v) is 14.5. The number of nitrogens with one attached hydrogen (secondary N) is 1. The predicted octanol–water partition coefficient (Wildman–Crippen LogP) is 5.04. The fraction of sp³-hybridized carbons (Fsp3) is 0. The summed E-state index contributed by atoms with van der Waals surface area (Å²) in [5.74, 6) is 1.80. The van der Waals surface area contributed by atoms with E-state index >= 15 is 0 Å². The van der Waals surface area contributed by atoms with E-state index in [2.05, 4.69) is 37.0 Å². The van der Waals surface area contributed by atoms with Crippen LogP contribution < -0.4 is 0 Å². The van der Waals surface area contributed by atoms with Crippen LogP contribution in [0, 0.1) is 11.3 Å². The molecule has 0 radical (unpaired) electrons. The predicted molar refractivity (Wildman–Crippen MR) is 99.2 cm³/mol. The summed E-state index contributed by atoms with van der Waals surface area (Å²) in [4.78, 5) is 11.7. The van der Waals surface area contributed by atoms with Crippen LogP contribution in [0.3, 0.4) is 0 Å². The summed E-state index contributed by atoms with van der Waals surface area (Å²) in [5.41, 5.74) is 2.68. The van der Waals surface area contributed by atoms with Gasteiger partial charge in [-0.2, -0.15) is 5.26 Å². The smallest absolute Gasteiger partial charge is 0.178 e. The highest BCUT2D eigenvalue weighted by Crippen LogP contribution is 2.25. The largest absolute Gasteiger partial charge is 0.457 e. The highest BCUT2D eigenvalue weighted by Gasteiger charge is 2.11. The molecule has 0 bridgehead atoms. The lowest BCUT2D eigenvalue weighted by Crippen LogP contribution is -1.84. The monoisotopic (exact) mass is 390 g/mol. The Kier molecular flexibility index (Phi) is 3.92. The molecule has 0 aliphatic heterocycles. The lowest BCUT2D eigenvalue weighted by molar-refractivity contribution is 0.572. The molecule has 4 rings (SSSR count). The summed E-state index contributed by atoms with van der Waals surface area (Å²) >= 11 is 3.37. The molecule has 0 saturated heterocycles. The van der Waals surface area contributed by atoms with Crippen LogP contribution in [0.1, 0.15) is 11.6 Å². The summed E-state index contributed by atoms with van der Waals surface area (Å²) in [5, 5.41) is 9.49. The van der Waals surface area contributed by atoms with Gasteiger partial charge in [0.1, 0.15) is 17.6 Å². The summed E-state index contributed by atoms with van der Waals surface area (Å²) in [6.07, 6.45) is 3.33. The number of aromatic amines is 1. The van der Waals surface area contributed by atoms with Crippen LogP contribution >= 0.6 is 15.9 Å². The van der Waals surface area contributed by atoms with Crippen LogP contribution in [-0.4, -0.2) is 15.0 Å². The molecule has 3 heterocycles. The van der Waals surface area contributed by atoms with Gasteiger partial charge in [0.05, 0.1) is 11.1 Å². The van der Waals surface area contributed by atoms with E-state index in [0.717, 1.165) is 21.3 Å². The van der Waals surface area contributed by atoms with Crippen LogP contribution in [0.2, 0.25) is 0 Å². The number of pyridine rings is 1. The number of halogens is 1. The number of benzene rings is 1. The molecule has 0 saturated carbocycles. The summed E-state index contributed by atoms with van der Waals surface area (Å²) < 4.78 is 6.67. The van der Waals surface area contributed by atoms with Crippen LogP contribution in [0.15, 0.2) is 63.6 Å². The van der Waals surface area contributed by atoms with E-state index in [9.17, 15) is 5.26 Å². The molecule has 25 heavy (non-hydrogen) atoms. The second-order valence-corrected chi connectivity index (χ2v) is 6.26. The van der Waals surface area contributed by atoms with Gasteiger partial charge in [-0.3, -0.25) is 0 Å². The second kappa shape index (κ2) is 6.38. The number of nitriles is 1. The first-order valence-electron chi connectivity index (χ1n) is 7.51. The fourth-order valence-electron chi connectivity index (χ4n) is 2.49. The second-order valence-electron chi connectivity index (χ2n) is 5.35. The Morgan fingerprint density at radius 3 is 2.84 bits per heavy atom. The van der Waals surface area contributed by atoms with Gasteiger partial charge in [-0.1, -0.05) is 30.3 Å². The van der Waals surface area contributed by atoms with E-state index in [1.807, 2.05) is 48.5 Å². The Labute approximate surface area is 151 Å². The molecule has 0 spiro atoms. The lowest BCUT2D eigenvalue weighted by Gasteiger charge is -1.95. The molecule has 120 valence electrons. The molecule has 5 nitrogen and oxygen atoms in total. The third kappa shape index (κ3) is 3.10. The number of furan rings is 1. The van der Waals surface area contributed by atoms with Gasteiger partial charge < -0.3 is 9.40 Å². The van der Waals surface area contributed by atoms with E-state index in [1.165, 1.54) is 0 Å². The Morgan fingerprint density at radius 2 is 2.04 bits per heavy atom. The molecule has 1 N–H and O–H groups in total. The first-order valence-corrected chi connectivity index (χ1v) is 8.31. The molecule has 0 aliphatic carbocycles. The van der Waals surface area contributed by atoms with Crippen molar-refractivity contribution in [3.05, 3.63) is 70.8 Å². The SMILES string of the molecule is N#CC(=Cc1ccc(-c2ccccc2)o1)c1nc2ncc(Br)cc2[nH]1. The molecular formula is C19H11BrN4O. The number of imidazole rings is 1. The zero-order valence-electron chi connectivity index (χ0n) is 12.9. The van der Waals surface area contributed by atoms with Crippen molar-refractivity contribution in [1.29, 1.82) is 5.26 Å². The number of aromatic nitrogens is 3. The van der Waals surface area contributed by atoms with Crippen molar-refractivity contribution >= 4 is 38.7 Å². The van der Waals surface area contributed by atoms with Crippen LogP contribution in [0.25, 0.3) is 34.1 Å². The Balaban J connectivity index is 1.71. The van der Waals surface area contributed by atoms with Crippen molar-refractivity contribution in [3.63, 3.8) is 0 Å². The molecule has 3 aromatic heterocycles. The average molecular weight is 391 g/mol. The van der Waals surface area contributed by atoms with Crippen molar-refractivity contribution in [1.82, 2.24) is 15.0 Å². The third-order valence-corrected chi connectivity index (χ3v) is 4.08. The number of hydrogen-bond donors (Lipinski definition) is 1. The lowest BCUT2D eigenvalue weighted by atomic mass is 10.2. The van der Waals surface area contributed by atoms with E-state index < -0.39 is 0 Å². The minimum atomic E-state index is 0.378. The molecule has 4 aromatic rings. The molecule has 6 heteroatoms. The Hall–Kier alpha value is -3.17. The number of nitrogens with zero attached hydrogens (tertiary/aromatic N) is 3. The minimum Gasteiger partial charge on any atom is -0.457 e. The van der Waals surface area contributed by atoms with Gasteiger partial charge >= 0.3 is 0 Å². The Bertz CT molecular complexity index is 1120. The van der Waals surface area contributed by atoms with E-state index in [4.69, 9.17) is 4.42 Å².